The van der Waals surface area contributed by atoms with Gasteiger partial charge in [0.15, 0.2) is 0 Å². The lowest BCUT2D eigenvalue weighted by molar-refractivity contribution is -0.117. The van der Waals surface area contributed by atoms with E-state index in [1.54, 1.807) is 12.4 Å². The Morgan fingerprint density at radius 3 is 3.04 bits per heavy atom. The molecule has 2 atom stereocenters. The second kappa shape index (κ2) is 6.84. The zero-order chi connectivity index (χ0) is 16.2. The zero-order valence-electron chi connectivity index (χ0n) is 13.2. The monoisotopic (exact) mass is 315 g/mol. The predicted octanol–water partition coefficient (Wildman–Crippen LogP) is 0.944. The number of carbonyl (C=O) groups excluding carboxylic acids is 1. The highest BCUT2D eigenvalue weighted by Crippen LogP contribution is 2.21. The number of pyridine rings is 1. The number of anilines is 1. The van der Waals surface area contributed by atoms with Gasteiger partial charge in [-0.05, 0) is 24.0 Å². The lowest BCUT2D eigenvalue weighted by Gasteiger charge is -2.08. The third kappa shape index (κ3) is 3.91. The Hall–Kier alpha value is -2.32. The maximum atomic E-state index is 12.3. The summed E-state index contributed by atoms with van der Waals surface area (Å²) in [6, 6.07) is 3.59. The fraction of sp³-hybridized carbons (Fsp3) is 0.467. The first-order chi connectivity index (χ1) is 11.1. The van der Waals surface area contributed by atoms with Crippen molar-refractivity contribution in [1.29, 1.82) is 0 Å². The highest BCUT2D eigenvalue weighted by Gasteiger charge is 2.30. The average Bonchev–Trinajstić information content (AvgIpc) is 3.17. The number of carbonyl (C=O) groups is 1. The molecule has 3 rings (SSSR count). The van der Waals surface area contributed by atoms with Crippen LogP contribution in [0.15, 0.2) is 24.5 Å². The van der Waals surface area contributed by atoms with Gasteiger partial charge in [0, 0.05) is 24.9 Å². The lowest BCUT2D eigenvalue weighted by Crippen LogP contribution is -2.39. The Kier molecular flexibility index (Phi) is 4.63. The quantitative estimate of drug-likeness (QED) is 0.654. The van der Waals surface area contributed by atoms with E-state index in [9.17, 15) is 4.79 Å². The Morgan fingerprint density at radius 1 is 1.43 bits per heavy atom. The lowest BCUT2D eigenvalue weighted by atomic mass is 10.0. The number of hydrazine groups is 1. The van der Waals surface area contributed by atoms with Gasteiger partial charge in [-0.3, -0.25) is 20.2 Å². The Bertz CT molecular complexity index is 655. The van der Waals surface area contributed by atoms with Crippen molar-refractivity contribution >= 4 is 11.9 Å². The molecule has 1 amide bonds. The van der Waals surface area contributed by atoms with Crippen LogP contribution in [0.25, 0.3) is 0 Å². The maximum absolute atomic E-state index is 12.3. The van der Waals surface area contributed by atoms with E-state index in [2.05, 4.69) is 50.2 Å². The first kappa shape index (κ1) is 15.6. The minimum absolute atomic E-state index is 0.0584. The second-order valence-electron chi connectivity index (χ2n) is 6.11. The van der Waals surface area contributed by atoms with Crippen molar-refractivity contribution < 1.29 is 4.79 Å². The van der Waals surface area contributed by atoms with Crippen LogP contribution in [-0.4, -0.2) is 32.1 Å². The number of nitrogens with zero attached hydrogens (tertiary/aromatic N) is 3. The van der Waals surface area contributed by atoms with Crippen LogP contribution in [0.3, 0.4) is 0 Å². The molecule has 0 aliphatic carbocycles. The number of H-pyrrole nitrogens is 1. The molecule has 4 N–H and O–H groups in total. The summed E-state index contributed by atoms with van der Waals surface area (Å²) in [5.41, 5.74) is 7.18. The highest BCUT2D eigenvalue weighted by molar-refractivity contribution is 5.93. The number of amides is 1. The third-order valence-electron chi connectivity index (χ3n) is 3.67. The number of rotatable bonds is 5. The van der Waals surface area contributed by atoms with Gasteiger partial charge in [0.25, 0.3) is 0 Å². The molecule has 1 saturated heterocycles. The summed E-state index contributed by atoms with van der Waals surface area (Å²) in [7, 11) is 0. The van der Waals surface area contributed by atoms with Crippen molar-refractivity contribution in [2.75, 3.05) is 5.32 Å². The first-order valence-electron chi connectivity index (χ1n) is 7.75. The van der Waals surface area contributed by atoms with Crippen LogP contribution in [0.2, 0.25) is 0 Å². The minimum atomic E-state index is -0.341. The molecule has 0 radical (unpaired) electrons. The van der Waals surface area contributed by atoms with E-state index in [1.807, 2.05) is 12.1 Å². The van der Waals surface area contributed by atoms with E-state index in [4.69, 9.17) is 0 Å². The van der Waals surface area contributed by atoms with Gasteiger partial charge in [-0.25, -0.2) is 10.9 Å². The van der Waals surface area contributed by atoms with E-state index < -0.39 is 0 Å². The van der Waals surface area contributed by atoms with Gasteiger partial charge in [-0.15, -0.1) is 5.10 Å². The highest BCUT2D eigenvalue weighted by atomic mass is 16.2. The van der Waals surface area contributed by atoms with Crippen LogP contribution in [0, 0.1) is 5.92 Å². The van der Waals surface area contributed by atoms with Gasteiger partial charge in [0.2, 0.25) is 11.9 Å². The van der Waals surface area contributed by atoms with Gasteiger partial charge < -0.3 is 0 Å². The normalized spacial score (nSPS) is 20.8. The standard InChI is InChI=1S/C15H21N7O/c1-9(2)6-13-17-15(22-21-13)18-14(23)12-7-11(19-20-12)10-4-3-5-16-8-10/h3-5,8-9,11-12,19-20H,6-7H2,1-2H3,(H2,17,18,21,22,23). The van der Waals surface area contributed by atoms with E-state index in [0.717, 1.165) is 17.8 Å². The summed E-state index contributed by atoms with van der Waals surface area (Å²) in [6.07, 6.45) is 4.97. The SMILES string of the molecule is CC(C)Cc1nc(NC(=O)C2CC(c3cccnc3)NN2)n[nH]1. The van der Waals surface area contributed by atoms with Crippen molar-refractivity contribution in [2.45, 2.75) is 38.8 Å². The molecule has 0 saturated carbocycles. The van der Waals surface area contributed by atoms with Crippen LogP contribution in [0.4, 0.5) is 5.95 Å². The van der Waals surface area contributed by atoms with Crippen LogP contribution in [0.5, 0.6) is 0 Å². The molecule has 8 nitrogen and oxygen atoms in total. The van der Waals surface area contributed by atoms with E-state index in [0.29, 0.717) is 18.3 Å². The Labute approximate surface area is 134 Å². The molecule has 122 valence electrons. The van der Waals surface area contributed by atoms with E-state index >= 15 is 0 Å². The molecule has 23 heavy (non-hydrogen) atoms. The number of hydrogen-bond acceptors (Lipinski definition) is 6. The molecular formula is C15H21N7O. The molecule has 1 fully saturated rings. The number of nitrogens with one attached hydrogen (secondary N) is 4. The zero-order valence-corrected chi connectivity index (χ0v) is 13.2. The number of hydrogen-bond donors (Lipinski definition) is 4. The van der Waals surface area contributed by atoms with Crippen LogP contribution in [0.1, 0.15) is 37.7 Å². The van der Waals surface area contributed by atoms with Crippen molar-refractivity contribution in [3.63, 3.8) is 0 Å². The minimum Gasteiger partial charge on any atom is -0.292 e. The predicted molar refractivity (Wildman–Crippen MR) is 85.2 cm³/mol. The van der Waals surface area contributed by atoms with E-state index in [-0.39, 0.29) is 18.0 Å². The van der Waals surface area contributed by atoms with Gasteiger partial charge in [-0.2, -0.15) is 4.98 Å². The molecule has 2 unspecified atom stereocenters. The first-order valence-corrected chi connectivity index (χ1v) is 7.75. The summed E-state index contributed by atoms with van der Waals surface area (Å²) in [5, 5.41) is 9.62. The van der Waals surface area contributed by atoms with Crippen LogP contribution in [-0.2, 0) is 11.2 Å². The second-order valence-corrected chi connectivity index (χ2v) is 6.11. The number of aromatic nitrogens is 4. The van der Waals surface area contributed by atoms with Gasteiger partial charge in [0.1, 0.15) is 11.9 Å². The number of aromatic amines is 1. The smallest absolute Gasteiger partial charge is 0.248 e. The summed E-state index contributed by atoms with van der Waals surface area (Å²) in [6.45, 7) is 4.21. The molecular weight excluding hydrogens is 294 g/mol. The van der Waals surface area contributed by atoms with Crippen molar-refractivity contribution in [3.05, 3.63) is 35.9 Å². The molecule has 8 heteroatoms. The molecule has 0 aromatic carbocycles. The largest absolute Gasteiger partial charge is 0.292 e. The molecule has 0 bridgehead atoms. The van der Waals surface area contributed by atoms with Crippen molar-refractivity contribution in [1.82, 2.24) is 31.0 Å². The van der Waals surface area contributed by atoms with E-state index in [1.165, 1.54) is 0 Å². The summed E-state index contributed by atoms with van der Waals surface area (Å²) in [4.78, 5) is 20.7. The maximum Gasteiger partial charge on any atom is 0.248 e. The summed E-state index contributed by atoms with van der Waals surface area (Å²) in [5.74, 6) is 1.42. The van der Waals surface area contributed by atoms with Gasteiger partial charge >= 0.3 is 0 Å². The van der Waals surface area contributed by atoms with Crippen molar-refractivity contribution in [3.8, 4) is 0 Å². The fourth-order valence-corrected chi connectivity index (χ4v) is 2.56. The Balaban J connectivity index is 1.56. The molecule has 0 spiro atoms. The van der Waals surface area contributed by atoms with Crippen LogP contribution >= 0.6 is 0 Å². The molecule has 1 aliphatic heterocycles. The summed E-state index contributed by atoms with van der Waals surface area (Å²) < 4.78 is 0. The molecule has 2 aromatic rings. The fourth-order valence-electron chi connectivity index (χ4n) is 2.56. The molecule has 3 heterocycles. The van der Waals surface area contributed by atoms with Gasteiger partial charge in [0.05, 0.1) is 0 Å². The topological polar surface area (TPSA) is 108 Å². The molecule has 1 aliphatic rings. The molecule has 2 aromatic heterocycles. The average molecular weight is 315 g/mol. The van der Waals surface area contributed by atoms with Crippen LogP contribution < -0.4 is 16.2 Å². The third-order valence-corrected chi connectivity index (χ3v) is 3.67. The summed E-state index contributed by atoms with van der Waals surface area (Å²) >= 11 is 0. The van der Waals surface area contributed by atoms with Crippen molar-refractivity contribution in [2.24, 2.45) is 5.92 Å². The van der Waals surface area contributed by atoms with Gasteiger partial charge in [-0.1, -0.05) is 19.9 Å². The Morgan fingerprint density at radius 2 is 2.30 bits per heavy atom.